The number of alkyl halides is 1. The van der Waals surface area contributed by atoms with Gasteiger partial charge in [-0.25, -0.2) is 27.8 Å². The molecular formula is C26H28FN9O2S. The second-order valence-corrected chi connectivity index (χ2v) is 11.3. The van der Waals surface area contributed by atoms with E-state index in [1.54, 1.807) is 30.9 Å². The van der Waals surface area contributed by atoms with E-state index in [0.29, 0.717) is 47.0 Å². The summed E-state index contributed by atoms with van der Waals surface area (Å²) in [5, 5.41) is 14.4. The Balaban J connectivity index is 1.37. The predicted octanol–water partition coefficient (Wildman–Crippen LogP) is 3.60. The molecule has 0 saturated heterocycles. The molecule has 1 fully saturated rings. The van der Waals surface area contributed by atoms with Gasteiger partial charge in [0.15, 0.2) is 5.82 Å². The molecule has 202 valence electrons. The smallest absolute Gasteiger partial charge is 0.256 e. The molecule has 4 aromatic rings. The summed E-state index contributed by atoms with van der Waals surface area (Å²) in [6.45, 7) is 3.86. The normalized spacial score (nSPS) is 13.9. The van der Waals surface area contributed by atoms with Crippen LogP contribution in [0, 0.1) is 11.8 Å². The van der Waals surface area contributed by atoms with Gasteiger partial charge >= 0.3 is 0 Å². The average molecular weight is 550 g/mol. The van der Waals surface area contributed by atoms with Crippen LogP contribution in [-0.2, 0) is 16.6 Å². The van der Waals surface area contributed by atoms with Gasteiger partial charge in [-0.2, -0.15) is 14.3 Å². The first kappa shape index (κ1) is 26.3. The van der Waals surface area contributed by atoms with Crippen LogP contribution in [0.15, 0.2) is 49.3 Å². The molecule has 1 atom stereocenters. The highest BCUT2D eigenvalue weighted by Crippen LogP contribution is 2.30. The van der Waals surface area contributed by atoms with Gasteiger partial charge in [-0.05, 0) is 32.3 Å². The van der Waals surface area contributed by atoms with Gasteiger partial charge in [0, 0.05) is 30.7 Å². The number of nitrogens with one attached hydrogen (secondary N) is 2. The fourth-order valence-corrected chi connectivity index (χ4v) is 5.14. The molecule has 0 radical (unpaired) electrons. The number of nitrogens with zero attached hydrogens (tertiary/aromatic N) is 7. The first-order valence-corrected chi connectivity index (χ1v) is 14.1. The molecule has 39 heavy (non-hydrogen) atoms. The SMILES string of the molecule is CCC(C)Nc1cc(Nc2ccnc(-c3cnn(S(=O)(=O)C4CC4)c3)n2)ncc1C#Cc1cnn(CCF)c1. The third-order valence-electron chi connectivity index (χ3n) is 6.14. The average Bonchev–Trinajstić information content (AvgIpc) is 3.51. The van der Waals surface area contributed by atoms with Crippen LogP contribution in [0.4, 0.5) is 21.7 Å². The van der Waals surface area contributed by atoms with Gasteiger partial charge in [-0.15, -0.1) is 0 Å². The van der Waals surface area contributed by atoms with Crippen molar-refractivity contribution >= 4 is 27.3 Å². The third kappa shape index (κ3) is 6.23. The molecule has 1 aliphatic carbocycles. The largest absolute Gasteiger partial charge is 0.381 e. The Morgan fingerprint density at radius 3 is 2.74 bits per heavy atom. The lowest BCUT2D eigenvalue weighted by Gasteiger charge is -2.16. The fraction of sp³-hybridized carbons (Fsp3) is 0.346. The highest BCUT2D eigenvalue weighted by Gasteiger charge is 2.37. The van der Waals surface area contributed by atoms with Crippen LogP contribution < -0.4 is 10.6 Å². The standard InChI is InChI=1S/C26H28FN9O2S/c1-3-18(2)32-23-12-25(29-14-20(23)5-4-19-13-30-35(16-19)11-9-27)33-24-8-10-28-26(34-24)21-15-31-36(17-21)39(37,38)22-6-7-22/h8,10,12-18,22H,3,6-7,9,11H2,1-2H3,(H2,28,29,32,33,34). The molecule has 2 N–H and O–H groups in total. The number of rotatable bonds is 10. The minimum absolute atomic E-state index is 0.192. The molecule has 1 aliphatic rings. The first-order valence-electron chi connectivity index (χ1n) is 12.6. The van der Waals surface area contributed by atoms with Crippen molar-refractivity contribution in [2.45, 2.75) is 50.9 Å². The zero-order valence-corrected chi connectivity index (χ0v) is 22.4. The summed E-state index contributed by atoms with van der Waals surface area (Å²) in [6.07, 6.45) is 11.7. The van der Waals surface area contributed by atoms with Crippen molar-refractivity contribution in [3.8, 4) is 23.2 Å². The Kier molecular flexibility index (Phi) is 7.56. The molecule has 13 heteroatoms. The Morgan fingerprint density at radius 2 is 1.97 bits per heavy atom. The van der Waals surface area contributed by atoms with E-state index in [-0.39, 0.29) is 17.8 Å². The molecule has 0 spiro atoms. The molecule has 0 aromatic carbocycles. The number of pyridine rings is 1. The number of aromatic nitrogens is 7. The van der Waals surface area contributed by atoms with Gasteiger partial charge in [0.25, 0.3) is 10.0 Å². The van der Waals surface area contributed by atoms with E-state index in [1.165, 1.54) is 17.1 Å². The van der Waals surface area contributed by atoms with Crippen molar-refractivity contribution in [2.24, 2.45) is 0 Å². The van der Waals surface area contributed by atoms with E-state index in [1.807, 2.05) is 6.07 Å². The van der Waals surface area contributed by atoms with Crippen LogP contribution >= 0.6 is 0 Å². The summed E-state index contributed by atoms with van der Waals surface area (Å²) >= 11 is 0. The lowest BCUT2D eigenvalue weighted by molar-refractivity contribution is 0.427. The van der Waals surface area contributed by atoms with Gasteiger partial charge in [0.1, 0.15) is 18.3 Å². The number of anilines is 3. The molecule has 1 saturated carbocycles. The molecule has 4 heterocycles. The summed E-state index contributed by atoms with van der Waals surface area (Å²) < 4.78 is 40.0. The minimum Gasteiger partial charge on any atom is -0.381 e. The maximum atomic E-state index is 12.6. The van der Waals surface area contributed by atoms with Crippen LogP contribution in [0.1, 0.15) is 44.2 Å². The van der Waals surface area contributed by atoms with E-state index in [0.717, 1.165) is 16.2 Å². The van der Waals surface area contributed by atoms with Crippen LogP contribution in [-0.4, -0.2) is 60.3 Å². The zero-order chi connectivity index (χ0) is 27.4. The van der Waals surface area contributed by atoms with Gasteiger partial charge < -0.3 is 10.6 Å². The molecule has 4 aromatic heterocycles. The van der Waals surface area contributed by atoms with Gasteiger partial charge in [0.2, 0.25) is 0 Å². The van der Waals surface area contributed by atoms with Gasteiger partial charge in [-0.1, -0.05) is 18.8 Å². The van der Waals surface area contributed by atoms with Crippen molar-refractivity contribution in [3.05, 3.63) is 60.4 Å². The molecule has 0 bridgehead atoms. The molecule has 0 amide bonds. The molecule has 5 rings (SSSR count). The maximum absolute atomic E-state index is 12.6. The Morgan fingerprint density at radius 1 is 1.13 bits per heavy atom. The van der Waals surface area contributed by atoms with E-state index < -0.39 is 16.7 Å². The summed E-state index contributed by atoms with van der Waals surface area (Å²) in [6, 6.07) is 3.74. The first-order chi connectivity index (χ1) is 18.9. The van der Waals surface area contributed by atoms with E-state index in [9.17, 15) is 12.8 Å². The summed E-state index contributed by atoms with van der Waals surface area (Å²) in [5.74, 6) is 7.56. The van der Waals surface area contributed by atoms with E-state index in [2.05, 4.69) is 61.5 Å². The Bertz CT molecular complexity index is 1630. The van der Waals surface area contributed by atoms with Crippen molar-refractivity contribution in [1.29, 1.82) is 0 Å². The third-order valence-corrected chi connectivity index (χ3v) is 8.18. The Labute approximate surface area is 226 Å². The van der Waals surface area contributed by atoms with Crippen molar-refractivity contribution in [1.82, 2.24) is 33.9 Å². The van der Waals surface area contributed by atoms with Crippen molar-refractivity contribution in [3.63, 3.8) is 0 Å². The molecular weight excluding hydrogens is 521 g/mol. The van der Waals surface area contributed by atoms with Crippen molar-refractivity contribution < 1.29 is 12.8 Å². The van der Waals surface area contributed by atoms with E-state index in [4.69, 9.17) is 0 Å². The number of hydrogen-bond donors (Lipinski definition) is 2. The van der Waals surface area contributed by atoms with Gasteiger partial charge in [0.05, 0.1) is 52.8 Å². The summed E-state index contributed by atoms with van der Waals surface area (Å²) in [7, 11) is -3.47. The highest BCUT2D eigenvalue weighted by atomic mass is 32.2. The van der Waals surface area contributed by atoms with Crippen molar-refractivity contribution in [2.75, 3.05) is 17.3 Å². The molecule has 11 nitrogen and oxygen atoms in total. The molecule has 1 unspecified atom stereocenters. The monoisotopic (exact) mass is 549 g/mol. The number of halogens is 1. The highest BCUT2D eigenvalue weighted by molar-refractivity contribution is 7.90. The number of hydrogen-bond acceptors (Lipinski definition) is 9. The predicted molar refractivity (Wildman–Crippen MR) is 146 cm³/mol. The van der Waals surface area contributed by atoms with Gasteiger partial charge in [-0.3, -0.25) is 4.68 Å². The maximum Gasteiger partial charge on any atom is 0.256 e. The second kappa shape index (κ2) is 11.2. The van der Waals surface area contributed by atoms with Crippen LogP contribution in [0.5, 0.6) is 0 Å². The summed E-state index contributed by atoms with van der Waals surface area (Å²) in [4.78, 5) is 13.3. The minimum atomic E-state index is -3.47. The zero-order valence-electron chi connectivity index (χ0n) is 21.5. The second-order valence-electron chi connectivity index (χ2n) is 9.24. The topological polar surface area (TPSA) is 133 Å². The van der Waals surface area contributed by atoms with E-state index >= 15 is 0 Å². The van der Waals surface area contributed by atoms with Crippen LogP contribution in [0.3, 0.4) is 0 Å². The van der Waals surface area contributed by atoms with Crippen LogP contribution in [0.25, 0.3) is 11.4 Å². The Hall–Kier alpha value is -4.31. The number of aryl methyl sites for hydroxylation is 1. The lowest BCUT2D eigenvalue weighted by atomic mass is 10.1. The quantitative estimate of drug-likeness (QED) is 0.285. The lowest BCUT2D eigenvalue weighted by Crippen LogP contribution is -2.17. The van der Waals surface area contributed by atoms with Crippen LogP contribution in [0.2, 0.25) is 0 Å². The summed E-state index contributed by atoms with van der Waals surface area (Å²) in [5.41, 5.74) is 2.68. The fourth-order valence-electron chi connectivity index (χ4n) is 3.66. The molecule has 0 aliphatic heterocycles.